The number of amidine groups is 1. The Morgan fingerprint density at radius 1 is 1.41 bits per heavy atom. The molecule has 0 aliphatic heterocycles. The van der Waals surface area contributed by atoms with Crippen molar-refractivity contribution < 1.29 is 0 Å². The first-order chi connectivity index (χ1) is 10.8. The van der Waals surface area contributed by atoms with Gasteiger partial charge < -0.3 is 0 Å². The monoisotopic (exact) mass is 308 g/mol. The van der Waals surface area contributed by atoms with E-state index in [1.165, 1.54) is 11.8 Å². The minimum Gasteiger partial charge on any atom is -0.291 e. The van der Waals surface area contributed by atoms with Crippen LogP contribution in [0.4, 0.5) is 5.69 Å². The molecule has 1 N–H and O–H groups in total. The molecule has 0 aliphatic carbocycles. The van der Waals surface area contributed by atoms with Gasteiger partial charge in [0.1, 0.15) is 0 Å². The number of rotatable bonds is 2. The molecule has 1 aromatic carbocycles. The lowest BCUT2D eigenvalue weighted by Crippen LogP contribution is -2.12. The highest BCUT2D eigenvalue weighted by molar-refractivity contribution is 8.13. The van der Waals surface area contributed by atoms with Crippen molar-refractivity contribution in [2.24, 2.45) is 4.99 Å². The molecular formula is C15H12N6S. The summed E-state index contributed by atoms with van der Waals surface area (Å²) in [6.45, 7) is 0. The topological polar surface area (TPSA) is 78.4 Å². The molecule has 0 atom stereocenters. The number of nitriles is 1. The van der Waals surface area contributed by atoms with E-state index in [0.717, 1.165) is 16.9 Å². The number of benzene rings is 1. The van der Waals surface area contributed by atoms with Gasteiger partial charge in [0, 0.05) is 24.2 Å². The Labute approximate surface area is 131 Å². The van der Waals surface area contributed by atoms with E-state index < -0.39 is 0 Å². The summed E-state index contributed by atoms with van der Waals surface area (Å²) >= 11 is 1.38. The highest BCUT2D eigenvalue weighted by atomic mass is 32.2. The van der Waals surface area contributed by atoms with Crippen LogP contribution in [0, 0.1) is 11.5 Å². The van der Waals surface area contributed by atoms with Crippen molar-refractivity contribution >= 4 is 28.4 Å². The average molecular weight is 308 g/mol. The molecule has 108 valence electrons. The van der Waals surface area contributed by atoms with Crippen molar-refractivity contribution in [3.8, 4) is 17.5 Å². The smallest absolute Gasteiger partial charge is 0.234 e. The van der Waals surface area contributed by atoms with Gasteiger partial charge in [0.2, 0.25) is 5.78 Å². The van der Waals surface area contributed by atoms with Gasteiger partial charge in [0.05, 0.1) is 11.4 Å². The van der Waals surface area contributed by atoms with Crippen molar-refractivity contribution in [3.63, 3.8) is 0 Å². The second kappa shape index (κ2) is 6.28. The predicted octanol–water partition coefficient (Wildman–Crippen LogP) is 2.82. The molecule has 22 heavy (non-hydrogen) atoms. The van der Waals surface area contributed by atoms with Crippen LogP contribution in [0.5, 0.6) is 0 Å². The summed E-state index contributed by atoms with van der Waals surface area (Å²) in [6.07, 6.45) is 9.28. The van der Waals surface area contributed by atoms with Crippen molar-refractivity contribution in [1.82, 2.24) is 19.7 Å². The number of nitrogens with zero attached hydrogens (tertiary/aromatic N) is 5. The van der Waals surface area contributed by atoms with E-state index in [-0.39, 0.29) is 0 Å². The minimum atomic E-state index is 0.552. The molecule has 0 aliphatic rings. The average Bonchev–Trinajstić information content (AvgIpc) is 2.99. The number of imidazole rings is 1. The fraction of sp³-hybridized carbons (Fsp3) is 0.0667. The van der Waals surface area contributed by atoms with Crippen LogP contribution in [0.2, 0.25) is 0 Å². The zero-order valence-electron chi connectivity index (χ0n) is 11.8. The van der Waals surface area contributed by atoms with Gasteiger partial charge in [-0.1, -0.05) is 23.9 Å². The van der Waals surface area contributed by atoms with E-state index in [1.807, 2.05) is 59.6 Å². The van der Waals surface area contributed by atoms with E-state index in [9.17, 15) is 0 Å². The van der Waals surface area contributed by atoms with Gasteiger partial charge in [-0.05, 0) is 24.5 Å². The maximum atomic E-state index is 8.68. The molecule has 0 saturated carbocycles. The molecule has 0 bridgehead atoms. The molecule has 7 heteroatoms. The van der Waals surface area contributed by atoms with Gasteiger partial charge in [0.25, 0.3) is 0 Å². The van der Waals surface area contributed by atoms with Gasteiger partial charge in [-0.15, -0.1) is 0 Å². The van der Waals surface area contributed by atoms with Crippen LogP contribution in [0.1, 0.15) is 0 Å². The highest BCUT2D eigenvalue weighted by Gasteiger charge is 2.06. The number of aliphatic imine (C=N–C) groups is 1. The number of thioether (sulfide) groups is 1. The first-order valence-electron chi connectivity index (χ1n) is 6.48. The van der Waals surface area contributed by atoms with E-state index in [1.54, 1.807) is 6.20 Å². The summed E-state index contributed by atoms with van der Waals surface area (Å²) in [5, 5.41) is 11.8. The summed E-state index contributed by atoms with van der Waals surface area (Å²) in [6, 6.07) is 9.55. The van der Waals surface area contributed by atoms with Crippen LogP contribution in [-0.2, 0) is 0 Å². The van der Waals surface area contributed by atoms with Crippen LogP contribution in [0.15, 0.2) is 53.9 Å². The Morgan fingerprint density at radius 2 is 2.32 bits per heavy atom. The summed E-state index contributed by atoms with van der Waals surface area (Å²) in [4.78, 5) is 13.1. The molecule has 3 rings (SSSR count). The Balaban J connectivity index is 1.99. The number of aromatic nitrogens is 3. The second-order valence-electron chi connectivity index (χ2n) is 4.36. The summed E-state index contributed by atoms with van der Waals surface area (Å²) in [7, 11) is 0. The number of hydrogen-bond acceptors (Lipinski definition) is 5. The zero-order valence-corrected chi connectivity index (χ0v) is 12.6. The third-order valence-electron chi connectivity index (χ3n) is 2.96. The lowest BCUT2D eigenvalue weighted by molar-refractivity contribution is 1.11. The maximum absolute atomic E-state index is 8.68. The number of nitrogens with one attached hydrogen (secondary N) is 1. The van der Waals surface area contributed by atoms with Crippen molar-refractivity contribution in [2.75, 3.05) is 6.26 Å². The standard InChI is InChI=1S/C15H12N6S/c1-22-15(18-10-16)19-12-5-2-4-11(8-12)13-9-21-7-3-6-17-14(21)20-13/h2-9H,1H3,(H,18,19). The zero-order chi connectivity index (χ0) is 15.4. The Hall–Kier alpha value is -2.85. The van der Waals surface area contributed by atoms with Crippen molar-refractivity contribution in [1.29, 1.82) is 5.26 Å². The Kier molecular flexibility index (Phi) is 4.03. The Bertz CT molecular complexity index is 844. The van der Waals surface area contributed by atoms with E-state index >= 15 is 0 Å². The minimum absolute atomic E-state index is 0.552. The third-order valence-corrected chi connectivity index (χ3v) is 3.54. The van der Waals surface area contributed by atoms with Crippen LogP contribution < -0.4 is 5.32 Å². The van der Waals surface area contributed by atoms with Crippen molar-refractivity contribution in [2.45, 2.75) is 0 Å². The SMILES string of the molecule is CSC(=Nc1cccc(-c2cn3cccnc3n2)c1)NC#N. The molecule has 0 unspecified atom stereocenters. The van der Waals surface area contributed by atoms with Gasteiger partial charge in [0.15, 0.2) is 11.4 Å². The molecule has 2 aromatic heterocycles. The van der Waals surface area contributed by atoms with Crippen LogP contribution in [-0.4, -0.2) is 25.8 Å². The summed E-state index contributed by atoms with van der Waals surface area (Å²) in [5.74, 6) is 0.655. The fourth-order valence-electron chi connectivity index (χ4n) is 1.99. The van der Waals surface area contributed by atoms with Crippen LogP contribution >= 0.6 is 11.8 Å². The second-order valence-corrected chi connectivity index (χ2v) is 5.16. The lowest BCUT2D eigenvalue weighted by Gasteiger charge is -2.01. The fourth-order valence-corrected chi connectivity index (χ4v) is 2.34. The lowest BCUT2D eigenvalue weighted by atomic mass is 10.1. The van der Waals surface area contributed by atoms with Crippen molar-refractivity contribution in [3.05, 3.63) is 48.9 Å². The largest absolute Gasteiger partial charge is 0.291 e. The number of fused-ring (bicyclic) bond motifs is 1. The molecular weight excluding hydrogens is 296 g/mol. The Morgan fingerprint density at radius 3 is 3.09 bits per heavy atom. The molecule has 0 amide bonds. The highest BCUT2D eigenvalue weighted by Crippen LogP contribution is 2.24. The molecule has 3 aromatic rings. The van der Waals surface area contributed by atoms with E-state index in [4.69, 9.17) is 5.26 Å². The predicted molar refractivity (Wildman–Crippen MR) is 87.8 cm³/mol. The summed E-state index contributed by atoms with van der Waals surface area (Å²) < 4.78 is 1.87. The van der Waals surface area contributed by atoms with Gasteiger partial charge >= 0.3 is 0 Å². The van der Waals surface area contributed by atoms with Gasteiger partial charge in [-0.25, -0.2) is 15.0 Å². The van der Waals surface area contributed by atoms with Gasteiger partial charge in [-0.3, -0.25) is 9.72 Å². The molecule has 0 spiro atoms. The van der Waals surface area contributed by atoms with E-state index in [2.05, 4.69) is 20.3 Å². The quantitative estimate of drug-likeness (QED) is 0.341. The first-order valence-corrected chi connectivity index (χ1v) is 7.70. The molecule has 0 saturated heterocycles. The first kappa shape index (κ1) is 14.1. The molecule has 0 fully saturated rings. The normalized spacial score (nSPS) is 11.4. The van der Waals surface area contributed by atoms with E-state index in [0.29, 0.717) is 10.9 Å². The number of hydrogen-bond donors (Lipinski definition) is 1. The van der Waals surface area contributed by atoms with Crippen LogP contribution in [0.25, 0.3) is 17.0 Å². The third kappa shape index (κ3) is 2.92. The van der Waals surface area contributed by atoms with Crippen LogP contribution in [0.3, 0.4) is 0 Å². The summed E-state index contributed by atoms with van der Waals surface area (Å²) in [5.41, 5.74) is 2.54. The molecule has 6 nitrogen and oxygen atoms in total. The molecule has 2 heterocycles. The maximum Gasteiger partial charge on any atom is 0.234 e. The van der Waals surface area contributed by atoms with Gasteiger partial charge in [-0.2, -0.15) is 5.26 Å². The molecule has 0 radical (unpaired) electrons.